The van der Waals surface area contributed by atoms with Gasteiger partial charge in [0, 0.05) is 12.5 Å². The van der Waals surface area contributed by atoms with Crippen molar-refractivity contribution in [3.8, 4) is 5.75 Å². The molecular weight excluding hydrogens is 366 g/mol. The number of carbonyl (C=O) groups excluding carboxylic acids is 1. The molecule has 0 radical (unpaired) electrons. The standard InChI is InChI=1S/C19H21N3O4S/c1-3-4-9-16-21-22-17(23)10-14(20-19(22)27-16)11-26-18(24)12-25-15-8-6-5-7-13(15)2/h5-8,10H,3-4,9,11-12H2,1-2H3. The summed E-state index contributed by atoms with van der Waals surface area (Å²) in [5.74, 6) is 0.115. The van der Waals surface area contributed by atoms with E-state index in [1.165, 1.54) is 21.9 Å². The van der Waals surface area contributed by atoms with Gasteiger partial charge in [0.2, 0.25) is 4.96 Å². The molecule has 0 aliphatic rings. The van der Waals surface area contributed by atoms with Crippen LogP contribution in [0.4, 0.5) is 0 Å². The molecule has 8 heteroatoms. The van der Waals surface area contributed by atoms with Crippen LogP contribution in [-0.2, 0) is 22.6 Å². The lowest BCUT2D eigenvalue weighted by Crippen LogP contribution is -2.18. The van der Waals surface area contributed by atoms with E-state index in [2.05, 4.69) is 17.0 Å². The van der Waals surface area contributed by atoms with Crippen LogP contribution < -0.4 is 10.3 Å². The Hall–Kier alpha value is -2.74. The number of hydrogen-bond donors (Lipinski definition) is 0. The molecule has 7 nitrogen and oxygen atoms in total. The van der Waals surface area contributed by atoms with E-state index in [0.717, 1.165) is 29.8 Å². The van der Waals surface area contributed by atoms with Crippen molar-refractivity contribution in [2.75, 3.05) is 6.61 Å². The highest BCUT2D eigenvalue weighted by molar-refractivity contribution is 7.16. The topological polar surface area (TPSA) is 82.8 Å². The first-order valence-corrected chi connectivity index (χ1v) is 9.61. The van der Waals surface area contributed by atoms with Crippen LogP contribution in [0.1, 0.15) is 36.0 Å². The third-order valence-electron chi connectivity index (χ3n) is 3.90. The maximum Gasteiger partial charge on any atom is 0.344 e. The first kappa shape index (κ1) is 19.0. The zero-order valence-corrected chi connectivity index (χ0v) is 16.1. The highest BCUT2D eigenvalue weighted by Crippen LogP contribution is 2.16. The fourth-order valence-electron chi connectivity index (χ4n) is 2.45. The van der Waals surface area contributed by atoms with Crippen molar-refractivity contribution in [1.29, 1.82) is 0 Å². The van der Waals surface area contributed by atoms with E-state index in [9.17, 15) is 9.59 Å². The maximum absolute atomic E-state index is 12.2. The summed E-state index contributed by atoms with van der Waals surface area (Å²) in [5.41, 5.74) is 1.06. The highest BCUT2D eigenvalue weighted by Gasteiger charge is 2.11. The molecule has 0 amide bonds. The molecule has 0 aliphatic carbocycles. The minimum Gasteiger partial charge on any atom is -0.482 e. The summed E-state index contributed by atoms with van der Waals surface area (Å²) in [6.45, 7) is 3.72. The largest absolute Gasteiger partial charge is 0.482 e. The number of para-hydroxylation sites is 1. The molecule has 2 heterocycles. The number of unbranched alkanes of at least 4 members (excludes halogenated alkanes) is 1. The molecule has 3 aromatic rings. The summed E-state index contributed by atoms with van der Waals surface area (Å²) >= 11 is 1.38. The van der Waals surface area contributed by atoms with Crippen molar-refractivity contribution in [1.82, 2.24) is 14.6 Å². The third kappa shape index (κ3) is 4.91. The van der Waals surface area contributed by atoms with Crippen LogP contribution in [0.25, 0.3) is 4.96 Å². The number of fused-ring (bicyclic) bond motifs is 1. The van der Waals surface area contributed by atoms with Crippen LogP contribution >= 0.6 is 11.3 Å². The number of rotatable bonds is 8. The fraction of sp³-hybridized carbons (Fsp3) is 0.368. The molecule has 0 bridgehead atoms. The summed E-state index contributed by atoms with van der Waals surface area (Å²) < 4.78 is 11.9. The summed E-state index contributed by atoms with van der Waals surface area (Å²) in [6.07, 6.45) is 2.90. The van der Waals surface area contributed by atoms with E-state index >= 15 is 0 Å². The van der Waals surface area contributed by atoms with Gasteiger partial charge in [-0.15, -0.1) is 0 Å². The molecule has 0 unspecified atom stereocenters. The van der Waals surface area contributed by atoms with Gasteiger partial charge in [-0.3, -0.25) is 4.79 Å². The number of benzene rings is 1. The van der Waals surface area contributed by atoms with Crippen molar-refractivity contribution < 1.29 is 14.3 Å². The van der Waals surface area contributed by atoms with E-state index in [1.54, 1.807) is 6.07 Å². The van der Waals surface area contributed by atoms with Gasteiger partial charge >= 0.3 is 5.97 Å². The Labute approximate surface area is 160 Å². The smallest absolute Gasteiger partial charge is 0.344 e. The lowest BCUT2D eigenvalue weighted by Gasteiger charge is -2.08. The molecule has 0 fully saturated rings. The van der Waals surface area contributed by atoms with Gasteiger partial charge in [-0.25, -0.2) is 9.78 Å². The highest BCUT2D eigenvalue weighted by atomic mass is 32.1. The molecule has 0 saturated heterocycles. The van der Waals surface area contributed by atoms with Gasteiger partial charge in [0.1, 0.15) is 17.4 Å². The van der Waals surface area contributed by atoms with Gasteiger partial charge in [0.05, 0.1) is 5.69 Å². The van der Waals surface area contributed by atoms with Crippen LogP contribution in [0.15, 0.2) is 35.1 Å². The third-order valence-corrected chi connectivity index (χ3v) is 4.87. The maximum atomic E-state index is 12.2. The van der Waals surface area contributed by atoms with Gasteiger partial charge in [-0.1, -0.05) is 42.9 Å². The van der Waals surface area contributed by atoms with Crippen molar-refractivity contribution in [2.24, 2.45) is 0 Å². The SMILES string of the molecule is CCCCc1nn2c(=O)cc(COC(=O)COc3ccccc3C)nc2s1. The van der Waals surface area contributed by atoms with Gasteiger partial charge in [-0.05, 0) is 25.0 Å². The van der Waals surface area contributed by atoms with Crippen molar-refractivity contribution in [3.63, 3.8) is 0 Å². The Morgan fingerprint density at radius 1 is 1.30 bits per heavy atom. The second-order valence-electron chi connectivity index (χ2n) is 6.09. The fourth-order valence-corrected chi connectivity index (χ4v) is 3.41. The van der Waals surface area contributed by atoms with Gasteiger partial charge < -0.3 is 9.47 Å². The van der Waals surface area contributed by atoms with E-state index in [0.29, 0.717) is 16.4 Å². The van der Waals surface area contributed by atoms with Crippen molar-refractivity contribution in [2.45, 2.75) is 39.7 Å². The summed E-state index contributed by atoms with van der Waals surface area (Å²) in [7, 11) is 0. The predicted molar refractivity (Wildman–Crippen MR) is 102 cm³/mol. The lowest BCUT2D eigenvalue weighted by molar-refractivity contribution is -0.147. The van der Waals surface area contributed by atoms with E-state index in [-0.39, 0.29) is 18.8 Å². The van der Waals surface area contributed by atoms with Crippen LogP contribution in [0.2, 0.25) is 0 Å². The van der Waals surface area contributed by atoms with Crippen LogP contribution in [0.3, 0.4) is 0 Å². The Morgan fingerprint density at radius 2 is 2.11 bits per heavy atom. The molecule has 142 valence electrons. The van der Waals surface area contributed by atoms with Crippen molar-refractivity contribution >= 4 is 22.3 Å². The van der Waals surface area contributed by atoms with Crippen LogP contribution in [0.5, 0.6) is 5.75 Å². The number of aromatic nitrogens is 3. The first-order chi connectivity index (χ1) is 13.1. The number of esters is 1. The Kier molecular flexibility index (Phi) is 6.18. The Morgan fingerprint density at radius 3 is 2.89 bits per heavy atom. The second-order valence-corrected chi connectivity index (χ2v) is 7.13. The number of carbonyl (C=O) groups is 1. The lowest BCUT2D eigenvalue weighted by atomic mass is 10.2. The number of nitrogens with zero attached hydrogens (tertiary/aromatic N) is 3. The van der Waals surface area contributed by atoms with Crippen LogP contribution in [0, 0.1) is 6.92 Å². The van der Waals surface area contributed by atoms with E-state index in [1.807, 2.05) is 25.1 Å². The summed E-state index contributed by atoms with van der Waals surface area (Å²) in [6, 6.07) is 8.76. The zero-order chi connectivity index (χ0) is 19.2. The van der Waals surface area contributed by atoms with Gasteiger partial charge in [0.15, 0.2) is 6.61 Å². The minimum atomic E-state index is -0.520. The number of aryl methyl sites for hydroxylation is 2. The van der Waals surface area contributed by atoms with E-state index < -0.39 is 5.97 Å². The zero-order valence-electron chi connectivity index (χ0n) is 15.3. The second kappa shape index (κ2) is 8.77. The van der Waals surface area contributed by atoms with Gasteiger partial charge in [0.25, 0.3) is 5.56 Å². The first-order valence-electron chi connectivity index (χ1n) is 8.79. The predicted octanol–water partition coefficient (Wildman–Crippen LogP) is 2.92. The van der Waals surface area contributed by atoms with Gasteiger partial charge in [-0.2, -0.15) is 9.61 Å². The summed E-state index contributed by atoms with van der Waals surface area (Å²) in [4.78, 5) is 29.0. The van der Waals surface area contributed by atoms with Crippen molar-refractivity contribution in [3.05, 3.63) is 57.0 Å². The van der Waals surface area contributed by atoms with E-state index in [4.69, 9.17) is 9.47 Å². The average molecular weight is 387 g/mol. The number of ether oxygens (including phenoxy) is 2. The Bertz CT molecular complexity index is 996. The molecule has 2 aromatic heterocycles. The summed E-state index contributed by atoms with van der Waals surface area (Å²) in [5, 5.41) is 5.17. The monoisotopic (exact) mass is 387 g/mol. The molecule has 27 heavy (non-hydrogen) atoms. The average Bonchev–Trinajstić information content (AvgIpc) is 3.07. The molecule has 0 aliphatic heterocycles. The normalized spacial score (nSPS) is 10.9. The minimum absolute atomic E-state index is 0.0795. The molecule has 1 aromatic carbocycles. The molecule has 0 atom stereocenters. The molecule has 0 N–H and O–H groups in total. The molecule has 0 saturated carbocycles. The number of hydrogen-bond acceptors (Lipinski definition) is 7. The molecular formula is C19H21N3O4S. The quantitative estimate of drug-likeness (QED) is 0.553. The van der Waals surface area contributed by atoms with Crippen LogP contribution in [-0.4, -0.2) is 27.2 Å². The molecule has 0 spiro atoms. The molecule has 3 rings (SSSR count). The Balaban J connectivity index is 1.60.